The highest BCUT2D eigenvalue weighted by atomic mass is 16.5. The van der Waals surface area contributed by atoms with E-state index in [1.54, 1.807) is 13.3 Å². The number of aryl methyl sites for hydroxylation is 1. The van der Waals surface area contributed by atoms with Crippen molar-refractivity contribution in [2.75, 3.05) is 13.7 Å². The molecule has 0 unspecified atom stereocenters. The predicted octanol–water partition coefficient (Wildman–Crippen LogP) is 2.42. The van der Waals surface area contributed by atoms with Crippen molar-refractivity contribution in [1.82, 2.24) is 9.55 Å². The topological polar surface area (TPSA) is 47.3 Å². The number of hydrogen-bond donors (Lipinski definition) is 1. The summed E-state index contributed by atoms with van der Waals surface area (Å²) in [6, 6.07) is 6.00. The molecule has 0 bridgehead atoms. The third-order valence-electron chi connectivity index (χ3n) is 3.01. The molecule has 18 heavy (non-hydrogen) atoms. The molecule has 4 heteroatoms. The van der Waals surface area contributed by atoms with Crippen LogP contribution in [0, 0.1) is 6.92 Å². The highest BCUT2D eigenvalue weighted by Crippen LogP contribution is 2.30. The number of aromatic nitrogens is 2. The predicted molar refractivity (Wildman–Crippen MR) is 70.7 cm³/mol. The van der Waals surface area contributed by atoms with Gasteiger partial charge in [0.05, 0.1) is 25.3 Å². The minimum atomic E-state index is -0.00601. The third-order valence-corrected chi connectivity index (χ3v) is 3.01. The molecule has 1 heterocycles. The molecule has 0 amide bonds. The molecular weight excluding hydrogens is 228 g/mol. The van der Waals surface area contributed by atoms with E-state index in [4.69, 9.17) is 4.74 Å². The molecule has 0 radical (unpaired) electrons. The Bertz CT molecular complexity index is 534. The van der Waals surface area contributed by atoms with Gasteiger partial charge in [0.15, 0.2) is 0 Å². The highest BCUT2D eigenvalue weighted by molar-refractivity contribution is 5.65. The lowest BCUT2D eigenvalue weighted by Gasteiger charge is -2.15. The van der Waals surface area contributed by atoms with Gasteiger partial charge in [-0.15, -0.1) is 0 Å². The summed E-state index contributed by atoms with van der Waals surface area (Å²) in [5, 5.41) is 9.27. The van der Waals surface area contributed by atoms with Crippen LogP contribution >= 0.6 is 0 Å². The summed E-state index contributed by atoms with van der Waals surface area (Å²) in [7, 11) is 1.65. The standard InChI is InChI=1S/C14H18N2O2/c1-10-4-5-12(13(8-10)18-3)14-15-6-7-16(14)11(2)9-17/h4-8,11,17H,9H2,1-3H3/t11-/m1/s1. The highest BCUT2D eigenvalue weighted by Gasteiger charge is 2.14. The molecule has 0 saturated carbocycles. The SMILES string of the molecule is COc1cc(C)ccc1-c1nccn1[C@H](C)CO. The van der Waals surface area contributed by atoms with E-state index in [0.717, 1.165) is 22.7 Å². The number of hydrogen-bond acceptors (Lipinski definition) is 3. The monoisotopic (exact) mass is 246 g/mol. The van der Waals surface area contributed by atoms with Crippen molar-refractivity contribution < 1.29 is 9.84 Å². The smallest absolute Gasteiger partial charge is 0.143 e. The van der Waals surface area contributed by atoms with Crippen molar-refractivity contribution in [2.45, 2.75) is 19.9 Å². The maximum atomic E-state index is 9.27. The summed E-state index contributed by atoms with van der Waals surface area (Å²) in [6.45, 7) is 4.05. The average molecular weight is 246 g/mol. The second kappa shape index (κ2) is 5.23. The van der Waals surface area contributed by atoms with E-state index in [2.05, 4.69) is 4.98 Å². The Hall–Kier alpha value is -1.81. The van der Waals surface area contributed by atoms with Gasteiger partial charge in [0.2, 0.25) is 0 Å². The van der Waals surface area contributed by atoms with Crippen LogP contribution in [0.15, 0.2) is 30.6 Å². The zero-order chi connectivity index (χ0) is 13.1. The molecule has 2 rings (SSSR count). The van der Waals surface area contributed by atoms with Crippen molar-refractivity contribution in [3.63, 3.8) is 0 Å². The normalized spacial score (nSPS) is 12.4. The van der Waals surface area contributed by atoms with Crippen LogP contribution in [0.25, 0.3) is 11.4 Å². The fraction of sp³-hybridized carbons (Fsp3) is 0.357. The third kappa shape index (κ3) is 2.24. The molecule has 1 aromatic heterocycles. The molecule has 96 valence electrons. The number of aliphatic hydroxyl groups excluding tert-OH is 1. The summed E-state index contributed by atoms with van der Waals surface area (Å²) in [5.41, 5.74) is 2.08. The summed E-state index contributed by atoms with van der Waals surface area (Å²) < 4.78 is 7.35. The first-order valence-electron chi connectivity index (χ1n) is 5.96. The minimum absolute atomic E-state index is 0.00601. The molecule has 0 fully saturated rings. The lowest BCUT2D eigenvalue weighted by molar-refractivity contribution is 0.239. The van der Waals surface area contributed by atoms with Gasteiger partial charge in [-0.1, -0.05) is 6.07 Å². The number of benzene rings is 1. The largest absolute Gasteiger partial charge is 0.496 e. The molecule has 0 saturated heterocycles. The van der Waals surface area contributed by atoms with E-state index in [1.165, 1.54) is 0 Å². The van der Waals surface area contributed by atoms with Crippen LogP contribution in [0.1, 0.15) is 18.5 Å². The van der Waals surface area contributed by atoms with Gasteiger partial charge >= 0.3 is 0 Å². The maximum Gasteiger partial charge on any atom is 0.143 e. The van der Waals surface area contributed by atoms with Gasteiger partial charge in [0, 0.05) is 12.4 Å². The summed E-state index contributed by atoms with van der Waals surface area (Å²) in [5.74, 6) is 1.61. The number of imidazole rings is 1. The van der Waals surface area contributed by atoms with Gasteiger partial charge in [-0.3, -0.25) is 0 Å². The van der Waals surface area contributed by atoms with Crippen LogP contribution in [0.5, 0.6) is 5.75 Å². The van der Waals surface area contributed by atoms with Crippen molar-refractivity contribution in [3.8, 4) is 17.1 Å². The Kier molecular flexibility index (Phi) is 3.67. The number of nitrogens with zero attached hydrogens (tertiary/aromatic N) is 2. The number of rotatable bonds is 4. The van der Waals surface area contributed by atoms with Crippen LogP contribution in [0.2, 0.25) is 0 Å². The van der Waals surface area contributed by atoms with E-state index in [9.17, 15) is 5.11 Å². The Balaban J connectivity index is 2.52. The Morgan fingerprint density at radius 3 is 2.89 bits per heavy atom. The first-order chi connectivity index (χ1) is 8.67. The number of methoxy groups -OCH3 is 1. The van der Waals surface area contributed by atoms with Crippen LogP contribution in [-0.4, -0.2) is 28.4 Å². The van der Waals surface area contributed by atoms with Gasteiger partial charge in [-0.05, 0) is 31.5 Å². The van der Waals surface area contributed by atoms with Crippen LogP contribution in [0.4, 0.5) is 0 Å². The molecule has 0 aliphatic carbocycles. The Labute approximate surface area is 107 Å². The minimum Gasteiger partial charge on any atom is -0.496 e. The maximum absolute atomic E-state index is 9.27. The zero-order valence-corrected chi connectivity index (χ0v) is 10.9. The van der Waals surface area contributed by atoms with Gasteiger partial charge in [-0.25, -0.2) is 4.98 Å². The first-order valence-corrected chi connectivity index (χ1v) is 5.96. The first kappa shape index (κ1) is 12.6. The van der Waals surface area contributed by atoms with Gasteiger partial charge < -0.3 is 14.4 Å². The van der Waals surface area contributed by atoms with Crippen molar-refractivity contribution in [2.24, 2.45) is 0 Å². The second-order valence-corrected chi connectivity index (χ2v) is 4.39. The molecule has 0 spiro atoms. The molecule has 0 aliphatic heterocycles. The van der Waals surface area contributed by atoms with Gasteiger partial charge in [-0.2, -0.15) is 0 Å². The fourth-order valence-electron chi connectivity index (χ4n) is 1.95. The van der Waals surface area contributed by atoms with Crippen LogP contribution in [0.3, 0.4) is 0 Å². The van der Waals surface area contributed by atoms with E-state index < -0.39 is 0 Å². The van der Waals surface area contributed by atoms with Crippen molar-refractivity contribution in [3.05, 3.63) is 36.2 Å². The molecule has 4 nitrogen and oxygen atoms in total. The molecule has 1 aromatic carbocycles. The van der Waals surface area contributed by atoms with E-state index in [-0.39, 0.29) is 12.6 Å². The Morgan fingerprint density at radius 2 is 2.22 bits per heavy atom. The molecular formula is C14H18N2O2. The van der Waals surface area contributed by atoms with E-state index >= 15 is 0 Å². The quantitative estimate of drug-likeness (QED) is 0.901. The number of aliphatic hydroxyl groups is 1. The lowest BCUT2D eigenvalue weighted by atomic mass is 10.1. The van der Waals surface area contributed by atoms with E-state index in [0.29, 0.717) is 0 Å². The summed E-state index contributed by atoms with van der Waals surface area (Å²) in [6.07, 6.45) is 3.61. The zero-order valence-electron chi connectivity index (χ0n) is 10.9. The number of ether oxygens (including phenoxy) is 1. The molecule has 1 atom stereocenters. The van der Waals surface area contributed by atoms with Crippen molar-refractivity contribution in [1.29, 1.82) is 0 Å². The van der Waals surface area contributed by atoms with E-state index in [1.807, 2.05) is 42.8 Å². The molecule has 1 N–H and O–H groups in total. The lowest BCUT2D eigenvalue weighted by Crippen LogP contribution is -2.10. The second-order valence-electron chi connectivity index (χ2n) is 4.39. The fourth-order valence-corrected chi connectivity index (χ4v) is 1.95. The molecule has 0 aliphatic rings. The summed E-state index contributed by atoms with van der Waals surface area (Å²) in [4.78, 5) is 4.37. The molecule has 2 aromatic rings. The Morgan fingerprint density at radius 1 is 1.44 bits per heavy atom. The average Bonchev–Trinajstić information content (AvgIpc) is 2.86. The van der Waals surface area contributed by atoms with Gasteiger partial charge in [0.25, 0.3) is 0 Å². The van der Waals surface area contributed by atoms with Gasteiger partial charge in [0.1, 0.15) is 11.6 Å². The van der Waals surface area contributed by atoms with Crippen molar-refractivity contribution >= 4 is 0 Å². The van der Waals surface area contributed by atoms with Crippen LogP contribution in [-0.2, 0) is 0 Å². The summed E-state index contributed by atoms with van der Waals surface area (Å²) >= 11 is 0. The van der Waals surface area contributed by atoms with Crippen LogP contribution < -0.4 is 4.74 Å².